The number of hydrogen-bond donors (Lipinski definition) is 1. The topological polar surface area (TPSA) is 38.3 Å². The lowest BCUT2D eigenvalue weighted by Crippen LogP contribution is -2.34. The Morgan fingerprint density at radius 2 is 1.94 bits per heavy atom. The number of hydrogen-bond acceptors (Lipinski definition) is 3. The van der Waals surface area contributed by atoms with E-state index in [0.29, 0.717) is 6.54 Å². The van der Waals surface area contributed by atoms with Gasteiger partial charge in [-0.25, -0.2) is 0 Å². The average molecular weight is 249 g/mol. The molecular formula is C15H23NO2. The first-order chi connectivity index (χ1) is 8.44. The smallest absolute Gasteiger partial charge is 0.133 e. The fourth-order valence-electron chi connectivity index (χ4n) is 2.29. The summed E-state index contributed by atoms with van der Waals surface area (Å²) in [4.78, 5) is 10.4. The second kappa shape index (κ2) is 6.01. The lowest BCUT2D eigenvalue weighted by Gasteiger charge is -2.28. The molecule has 1 rings (SSSR count). The molecule has 0 radical (unpaired) electrons. The van der Waals surface area contributed by atoms with E-state index >= 15 is 0 Å². The third kappa shape index (κ3) is 3.10. The minimum Gasteiger partial charge on any atom is -0.496 e. The lowest BCUT2D eigenvalue weighted by atomic mass is 9.80. The van der Waals surface area contributed by atoms with E-state index in [1.165, 1.54) is 16.7 Å². The van der Waals surface area contributed by atoms with Gasteiger partial charge in [0.25, 0.3) is 0 Å². The summed E-state index contributed by atoms with van der Waals surface area (Å²) in [5.74, 6) is 0.924. The SMILES string of the molecule is COc1ccc(C(C)(C)CNCC=O)c(C)c1C. The molecule has 1 aromatic rings. The Morgan fingerprint density at radius 1 is 1.28 bits per heavy atom. The summed E-state index contributed by atoms with van der Waals surface area (Å²) in [5, 5.41) is 3.15. The van der Waals surface area contributed by atoms with Gasteiger partial charge in [0.15, 0.2) is 0 Å². The normalized spacial score (nSPS) is 11.4. The summed E-state index contributed by atoms with van der Waals surface area (Å²) in [6.07, 6.45) is 0.891. The molecule has 0 spiro atoms. The van der Waals surface area contributed by atoms with Crippen molar-refractivity contribution in [2.24, 2.45) is 0 Å². The predicted octanol–water partition coefficient (Wildman–Crippen LogP) is 2.38. The van der Waals surface area contributed by atoms with Crippen LogP contribution in [0.25, 0.3) is 0 Å². The number of benzene rings is 1. The van der Waals surface area contributed by atoms with Gasteiger partial charge >= 0.3 is 0 Å². The minimum absolute atomic E-state index is 0.00980. The highest BCUT2D eigenvalue weighted by molar-refractivity contribution is 5.52. The number of carbonyl (C=O) groups excluding carboxylic acids is 1. The molecule has 0 aliphatic heterocycles. The third-order valence-electron chi connectivity index (χ3n) is 3.48. The molecule has 0 aliphatic carbocycles. The van der Waals surface area contributed by atoms with Gasteiger partial charge in [-0.15, -0.1) is 0 Å². The van der Waals surface area contributed by atoms with Gasteiger partial charge in [-0.2, -0.15) is 0 Å². The van der Waals surface area contributed by atoms with E-state index in [9.17, 15) is 4.79 Å². The number of ether oxygens (including phenoxy) is 1. The van der Waals surface area contributed by atoms with Crippen molar-refractivity contribution in [2.45, 2.75) is 33.1 Å². The van der Waals surface area contributed by atoms with E-state index in [0.717, 1.165) is 18.6 Å². The Hall–Kier alpha value is -1.35. The van der Waals surface area contributed by atoms with Gasteiger partial charge in [-0.05, 0) is 36.6 Å². The molecule has 0 atom stereocenters. The molecule has 0 fully saturated rings. The molecule has 3 nitrogen and oxygen atoms in total. The van der Waals surface area contributed by atoms with Crippen LogP contribution in [0.2, 0.25) is 0 Å². The van der Waals surface area contributed by atoms with E-state index in [1.54, 1.807) is 7.11 Å². The molecule has 0 saturated heterocycles. The first kappa shape index (κ1) is 14.7. The number of aldehydes is 1. The second-order valence-corrected chi connectivity index (χ2v) is 5.25. The largest absolute Gasteiger partial charge is 0.496 e. The van der Waals surface area contributed by atoms with Crippen molar-refractivity contribution in [1.29, 1.82) is 0 Å². The zero-order valence-electron chi connectivity index (χ0n) is 12.0. The summed E-state index contributed by atoms with van der Waals surface area (Å²) in [7, 11) is 1.69. The third-order valence-corrected chi connectivity index (χ3v) is 3.48. The zero-order chi connectivity index (χ0) is 13.8. The van der Waals surface area contributed by atoms with Gasteiger partial charge in [-0.3, -0.25) is 0 Å². The number of carbonyl (C=O) groups is 1. The Morgan fingerprint density at radius 3 is 2.50 bits per heavy atom. The van der Waals surface area contributed by atoms with Crippen molar-refractivity contribution in [3.05, 3.63) is 28.8 Å². The molecule has 100 valence electrons. The first-order valence-electron chi connectivity index (χ1n) is 6.23. The van der Waals surface area contributed by atoms with Gasteiger partial charge < -0.3 is 14.8 Å². The van der Waals surface area contributed by atoms with Gasteiger partial charge in [0.1, 0.15) is 12.0 Å². The highest BCUT2D eigenvalue weighted by Gasteiger charge is 2.23. The number of nitrogens with one attached hydrogen (secondary N) is 1. The fourth-order valence-corrected chi connectivity index (χ4v) is 2.29. The Labute approximate surface area is 110 Å². The molecule has 18 heavy (non-hydrogen) atoms. The van der Waals surface area contributed by atoms with E-state index in [1.807, 2.05) is 6.07 Å². The molecule has 0 amide bonds. The van der Waals surface area contributed by atoms with Crippen LogP contribution in [0.1, 0.15) is 30.5 Å². The van der Waals surface area contributed by atoms with Crippen molar-refractivity contribution in [3.8, 4) is 5.75 Å². The molecule has 1 N–H and O–H groups in total. The molecule has 0 aromatic heterocycles. The summed E-state index contributed by atoms with van der Waals surface area (Å²) in [6.45, 7) is 9.73. The summed E-state index contributed by atoms with van der Waals surface area (Å²) in [6, 6.07) is 4.13. The molecule has 0 unspecified atom stereocenters. The zero-order valence-corrected chi connectivity index (χ0v) is 12.0. The van der Waals surface area contributed by atoms with E-state index in [4.69, 9.17) is 4.74 Å². The quantitative estimate of drug-likeness (QED) is 0.621. The van der Waals surface area contributed by atoms with Gasteiger partial charge in [-0.1, -0.05) is 19.9 Å². The van der Waals surface area contributed by atoms with Crippen molar-refractivity contribution < 1.29 is 9.53 Å². The Bertz CT molecular complexity index is 425. The highest BCUT2D eigenvalue weighted by Crippen LogP contribution is 2.31. The van der Waals surface area contributed by atoms with Crippen LogP contribution >= 0.6 is 0 Å². The molecule has 1 aromatic carbocycles. The molecule has 0 saturated carbocycles. The van der Waals surface area contributed by atoms with Crippen LogP contribution in [0, 0.1) is 13.8 Å². The fraction of sp³-hybridized carbons (Fsp3) is 0.533. The van der Waals surface area contributed by atoms with Crippen LogP contribution in [0.4, 0.5) is 0 Å². The van der Waals surface area contributed by atoms with Crippen LogP contribution in [0.15, 0.2) is 12.1 Å². The van der Waals surface area contributed by atoms with Crippen LogP contribution in [0.3, 0.4) is 0 Å². The Kier molecular flexibility index (Phi) is 4.91. The number of methoxy groups -OCH3 is 1. The number of rotatable bonds is 6. The highest BCUT2D eigenvalue weighted by atomic mass is 16.5. The molecular weight excluding hydrogens is 226 g/mol. The maximum absolute atomic E-state index is 10.4. The van der Waals surface area contributed by atoms with Gasteiger partial charge in [0.05, 0.1) is 13.7 Å². The van der Waals surface area contributed by atoms with Crippen LogP contribution in [-0.4, -0.2) is 26.5 Å². The molecule has 0 aliphatic rings. The van der Waals surface area contributed by atoms with Gasteiger partial charge in [0.2, 0.25) is 0 Å². The molecule has 0 bridgehead atoms. The predicted molar refractivity (Wildman–Crippen MR) is 74.4 cm³/mol. The van der Waals surface area contributed by atoms with E-state index in [2.05, 4.69) is 39.1 Å². The molecule has 0 heterocycles. The lowest BCUT2D eigenvalue weighted by molar-refractivity contribution is -0.107. The second-order valence-electron chi connectivity index (χ2n) is 5.25. The van der Waals surface area contributed by atoms with Gasteiger partial charge in [0, 0.05) is 12.0 Å². The van der Waals surface area contributed by atoms with Crippen LogP contribution < -0.4 is 10.1 Å². The standard InChI is InChI=1S/C15H23NO2/c1-11-12(2)14(18-5)7-6-13(11)15(3,4)10-16-8-9-17/h6-7,9,16H,8,10H2,1-5H3. The summed E-state index contributed by atoms with van der Waals surface area (Å²) < 4.78 is 5.33. The molecule has 3 heteroatoms. The maximum atomic E-state index is 10.4. The Balaban J connectivity index is 3.01. The monoisotopic (exact) mass is 249 g/mol. The van der Waals surface area contributed by atoms with E-state index in [-0.39, 0.29) is 5.41 Å². The summed E-state index contributed by atoms with van der Waals surface area (Å²) in [5.41, 5.74) is 3.72. The first-order valence-corrected chi connectivity index (χ1v) is 6.23. The van der Waals surface area contributed by atoms with Crippen molar-refractivity contribution in [3.63, 3.8) is 0 Å². The van der Waals surface area contributed by atoms with Crippen molar-refractivity contribution >= 4 is 6.29 Å². The maximum Gasteiger partial charge on any atom is 0.133 e. The summed E-state index contributed by atoms with van der Waals surface area (Å²) >= 11 is 0. The minimum atomic E-state index is -0.00980. The van der Waals surface area contributed by atoms with Crippen LogP contribution in [-0.2, 0) is 10.2 Å². The van der Waals surface area contributed by atoms with Crippen LogP contribution in [0.5, 0.6) is 5.75 Å². The van der Waals surface area contributed by atoms with Crippen molar-refractivity contribution in [2.75, 3.05) is 20.2 Å². The van der Waals surface area contributed by atoms with E-state index < -0.39 is 0 Å². The van der Waals surface area contributed by atoms with Crippen molar-refractivity contribution in [1.82, 2.24) is 5.32 Å². The average Bonchev–Trinajstić information content (AvgIpc) is 2.32.